The third kappa shape index (κ3) is 3.46. The number of fused-ring (bicyclic) bond motifs is 1. The minimum Gasteiger partial charge on any atom is -0.496 e. The van der Waals surface area contributed by atoms with Gasteiger partial charge in [0.2, 0.25) is 0 Å². The van der Waals surface area contributed by atoms with Crippen LogP contribution in [0.4, 0.5) is 5.82 Å². The van der Waals surface area contributed by atoms with Crippen molar-refractivity contribution in [1.29, 1.82) is 0 Å². The number of ether oxygens (including phenoxy) is 1. The Morgan fingerprint density at radius 3 is 2.72 bits per heavy atom. The van der Waals surface area contributed by atoms with Crippen molar-refractivity contribution < 1.29 is 4.74 Å². The van der Waals surface area contributed by atoms with Crippen molar-refractivity contribution in [3.05, 3.63) is 56.2 Å². The zero-order valence-corrected chi connectivity index (χ0v) is 14.8. The maximum absolute atomic E-state index is 12.3. The summed E-state index contributed by atoms with van der Waals surface area (Å²) in [5, 5.41) is 3.25. The Hall–Kier alpha value is -2.54. The van der Waals surface area contributed by atoms with E-state index in [0.717, 1.165) is 11.3 Å². The molecule has 0 atom stereocenters. The first-order valence-corrected chi connectivity index (χ1v) is 8.47. The van der Waals surface area contributed by atoms with Crippen molar-refractivity contribution >= 4 is 5.82 Å². The summed E-state index contributed by atoms with van der Waals surface area (Å²) in [6.07, 6.45) is 0.637. The molecular formula is C18H24N4O3. The van der Waals surface area contributed by atoms with E-state index in [2.05, 4.69) is 29.0 Å². The molecule has 0 amide bonds. The van der Waals surface area contributed by atoms with Gasteiger partial charge in [0.05, 0.1) is 19.3 Å². The molecule has 2 heterocycles. The molecule has 1 aromatic heterocycles. The lowest BCUT2D eigenvalue weighted by Crippen LogP contribution is -2.45. The van der Waals surface area contributed by atoms with Crippen molar-refractivity contribution in [1.82, 2.24) is 14.5 Å². The monoisotopic (exact) mass is 344 g/mol. The molecule has 3 rings (SSSR count). The minimum absolute atomic E-state index is 0.314. The third-order valence-electron chi connectivity index (χ3n) is 4.63. The molecule has 0 spiro atoms. The molecule has 0 fully saturated rings. The summed E-state index contributed by atoms with van der Waals surface area (Å²) in [6.45, 7) is 5.77. The summed E-state index contributed by atoms with van der Waals surface area (Å²) in [5.41, 5.74) is 0.937. The highest BCUT2D eigenvalue weighted by molar-refractivity contribution is 5.45. The van der Waals surface area contributed by atoms with Crippen molar-refractivity contribution in [3.63, 3.8) is 0 Å². The third-order valence-corrected chi connectivity index (χ3v) is 4.63. The van der Waals surface area contributed by atoms with E-state index in [-0.39, 0.29) is 11.2 Å². The molecule has 0 bridgehead atoms. The number of rotatable bonds is 5. The smallest absolute Gasteiger partial charge is 0.329 e. The average molecular weight is 344 g/mol. The fraction of sp³-hybridized carbons (Fsp3) is 0.444. The van der Waals surface area contributed by atoms with Crippen molar-refractivity contribution in [2.45, 2.75) is 39.4 Å². The van der Waals surface area contributed by atoms with Crippen LogP contribution >= 0.6 is 0 Å². The molecule has 1 aliphatic rings. The van der Waals surface area contributed by atoms with Gasteiger partial charge in [-0.05, 0) is 31.9 Å². The lowest BCUT2D eigenvalue weighted by molar-refractivity contribution is 0.218. The Labute approximate surface area is 146 Å². The molecule has 1 aromatic carbocycles. The summed E-state index contributed by atoms with van der Waals surface area (Å²) in [4.78, 5) is 29.1. The lowest BCUT2D eigenvalue weighted by atomic mass is 10.1. The fourth-order valence-electron chi connectivity index (χ4n) is 3.12. The molecule has 0 saturated carbocycles. The minimum atomic E-state index is -0.385. The zero-order valence-electron chi connectivity index (χ0n) is 14.8. The summed E-state index contributed by atoms with van der Waals surface area (Å²) in [5.74, 6) is 1.42. The molecule has 134 valence electrons. The molecule has 0 unspecified atom stereocenters. The van der Waals surface area contributed by atoms with Gasteiger partial charge in [-0.25, -0.2) is 4.79 Å². The number of hydrogen-bond donors (Lipinski definition) is 2. The summed E-state index contributed by atoms with van der Waals surface area (Å²) < 4.78 is 6.98. The number of nitrogens with one attached hydrogen (secondary N) is 2. The second kappa shape index (κ2) is 7.14. The van der Waals surface area contributed by atoms with Gasteiger partial charge in [-0.1, -0.05) is 18.2 Å². The van der Waals surface area contributed by atoms with Gasteiger partial charge in [-0.3, -0.25) is 19.2 Å². The van der Waals surface area contributed by atoms with Gasteiger partial charge in [0.15, 0.2) is 0 Å². The Morgan fingerprint density at radius 2 is 2.00 bits per heavy atom. The maximum Gasteiger partial charge on any atom is 0.329 e. The van der Waals surface area contributed by atoms with Crippen molar-refractivity contribution in [2.24, 2.45) is 0 Å². The normalized spacial score (nSPS) is 14.2. The maximum atomic E-state index is 12.3. The molecule has 7 nitrogen and oxygen atoms in total. The van der Waals surface area contributed by atoms with E-state index in [9.17, 15) is 9.59 Å². The number of nitrogens with zero attached hydrogens (tertiary/aromatic N) is 2. The highest BCUT2D eigenvalue weighted by Crippen LogP contribution is 2.21. The zero-order chi connectivity index (χ0) is 18.0. The van der Waals surface area contributed by atoms with E-state index in [1.165, 1.54) is 0 Å². The fourth-order valence-corrected chi connectivity index (χ4v) is 3.12. The Balaban J connectivity index is 1.91. The van der Waals surface area contributed by atoms with Gasteiger partial charge < -0.3 is 10.1 Å². The number of aryl methyl sites for hydroxylation is 1. The van der Waals surface area contributed by atoms with Crippen LogP contribution in [-0.2, 0) is 19.5 Å². The van der Waals surface area contributed by atoms with Crippen LogP contribution in [0.15, 0.2) is 33.9 Å². The molecule has 2 aromatic rings. The highest BCUT2D eigenvalue weighted by atomic mass is 16.5. The molecule has 2 N–H and O–H groups in total. The molecule has 7 heteroatoms. The summed E-state index contributed by atoms with van der Waals surface area (Å²) in [7, 11) is 1.63. The number of H-pyrrole nitrogens is 1. The van der Waals surface area contributed by atoms with Gasteiger partial charge in [-0.15, -0.1) is 0 Å². The number of methoxy groups -OCH3 is 1. The summed E-state index contributed by atoms with van der Waals surface area (Å²) in [6, 6.07) is 8.06. The largest absolute Gasteiger partial charge is 0.496 e. The molecular weight excluding hydrogens is 320 g/mol. The van der Waals surface area contributed by atoms with Gasteiger partial charge >= 0.3 is 5.69 Å². The van der Waals surface area contributed by atoms with E-state index in [0.29, 0.717) is 43.6 Å². The second-order valence-corrected chi connectivity index (χ2v) is 6.48. The first kappa shape index (κ1) is 17.3. The lowest BCUT2D eigenvalue weighted by Gasteiger charge is -2.33. The van der Waals surface area contributed by atoms with E-state index in [1.807, 2.05) is 24.3 Å². The topological polar surface area (TPSA) is 79.4 Å². The number of benzene rings is 1. The van der Waals surface area contributed by atoms with Gasteiger partial charge in [0, 0.05) is 19.1 Å². The quantitative estimate of drug-likeness (QED) is 0.857. The van der Waals surface area contributed by atoms with E-state index >= 15 is 0 Å². The van der Waals surface area contributed by atoms with Crippen LogP contribution < -0.4 is 21.3 Å². The predicted molar refractivity (Wildman–Crippen MR) is 97.2 cm³/mol. The van der Waals surface area contributed by atoms with Crippen molar-refractivity contribution in [3.8, 4) is 5.75 Å². The Morgan fingerprint density at radius 1 is 1.24 bits per heavy atom. The van der Waals surface area contributed by atoms with Crippen LogP contribution in [0.5, 0.6) is 5.75 Å². The standard InChI is InChI=1S/C18H24N4O3/c1-12(2)21-10-14-16(19-11-21)22(18(24)20-17(14)23)9-8-13-6-4-5-7-15(13)25-3/h4-7,12,19H,8-11H2,1-3H3,(H,20,23,24). The van der Waals surface area contributed by atoms with Crippen molar-refractivity contribution in [2.75, 3.05) is 19.1 Å². The molecule has 25 heavy (non-hydrogen) atoms. The highest BCUT2D eigenvalue weighted by Gasteiger charge is 2.24. The van der Waals surface area contributed by atoms with Crippen LogP contribution in [0.25, 0.3) is 0 Å². The molecule has 0 radical (unpaired) electrons. The summed E-state index contributed by atoms with van der Waals surface area (Å²) >= 11 is 0. The Kier molecular flexibility index (Phi) is 4.94. The SMILES string of the molecule is COc1ccccc1CCn1c2c(c(=O)[nH]c1=O)CN(C(C)C)CN2. The van der Waals surface area contributed by atoms with Crippen LogP contribution in [0.3, 0.4) is 0 Å². The number of para-hydroxylation sites is 1. The molecule has 0 aliphatic carbocycles. The van der Waals surface area contributed by atoms with E-state index in [1.54, 1.807) is 11.7 Å². The Bertz CT molecular complexity index is 869. The van der Waals surface area contributed by atoms with Crippen LogP contribution in [0, 0.1) is 0 Å². The van der Waals surface area contributed by atoms with Crippen LogP contribution in [-0.4, -0.2) is 34.3 Å². The van der Waals surface area contributed by atoms with Gasteiger partial charge in [0.25, 0.3) is 5.56 Å². The van der Waals surface area contributed by atoms with Crippen LogP contribution in [0.2, 0.25) is 0 Å². The predicted octanol–water partition coefficient (Wildman–Crippen LogP) is 1.38. The first-order chi connectivity index (χ1) is 12.0. The van der Waals surface area contributed by atoms with E-state index < -0.39 is 0 Å². The second-order valence-electron chi connectivity index (χ2n) is 6.48. The molecule has 1 aliphatic heterocycles. The first-order valence-electron chi connectivity index (χ1n) is 8.47. The number of anilines is 1. The number of hydrogen-bond acceptors (Lipinski definition) is 5. The average Bonchev–Trinajstić information content (AvgIpc) is 2.61. The molecule has 0 saturated heterocycles. The van der Waals surface area contributed by atoms with Gasteiger partial charge in [0.1, 0.15) is 11.6 Å². The van der Waals surface area contributed by atoms with Crippen LogP contribution in [0.1, 0.15) is 25.0 Å². The number of aromatic amines is 1. The van der Waals surface area contributed by atoms with E-state index in [4.69, 9.17) is 4.74 Å². The number of aromatic nitrogens is 2. The van der Waals surface area contributed by atoms with Gasteiger partial charge in [-0.2, -0.15) is 0 Å².